The van der Waals surface area contributed by atoms with Crippen molar-refractivity contribution in [1.82, 2.24) is 19.9 Å². The molecule has 1 aliphatic carbocycles. The van der Waals surface area contributed by atoms with Gasteiger partial charge in [0.2, 0.25) is 0 Å². The van der Waals surface area contributed by atoms with Crippen LogP contribution in [-0.4, -0.2) is 39.2 Å². The molecule has 1 saturated carbocycles. The third kappa shape index (κ3) is 3.41. The van der Waals surface area contributed by atoms with Crippen molar-refractivity contribution < 1.29 is 4.74 Å². The number of fused-ring (bicyclic) bond motifs is 1. The van der Waals surface area contributed by atoms with Gasteiger partial charge in [0.05, 0.1) is 25.1 Å². The van der Waals surface area contributed by atoms with Crippen molar-refractivity contribution >= 4 is 17.3 Å². The smallest absolute Gasteiger partial charge is 0.182 e. The number of rotatable bonds is 5. The van der Waals surface area contributed by atoms with Gasteiger partial charge < -0.3 is 15.4 Å². The average molecular weight is 374 g/mol. The highest BCUT2D eigenvalue weighted by Gasteiger charge is 2.54. The van der Waals surface area contributed by atoms with Crippen molar-refractivity contribution in [2.24, 2.45) is 11.8 Å². The zero-order valence-electron chi connectivity index (χ0n) is 15.9. The number of ether oxygens (including phenoxy) is 1. The van der Waals surface area contributed by atoms with Gasteiger partial charge in [0.15, 0.2) is 5.82 Å². The van der Waals surface area contributed by atoms with Crippen LogP contribution < -0.4 is 10.6 Å². The van der Waals surface area contributed by atoms with E-state index in [0.717, 1.165) is 41.8 Å². The Kier molecular flexibility index (Phi) is 4.16. The molecule has 3 aromatic heterocycles. The maximum atomic E-state index is 5.49. The summed E-state index contributed by atoms with van der Waals surface area (Å²) in [6, 6.07) is 12.2. The van der Waals surface area contributed by atoms with Gasteiger partial charge in [-0.15, -0.1) is 0 Å². The molecule has 0 radical (unpaired) electrons. The molecule has 1 aliphatic heterocycles. The SMILES string of the molecule is Cc1ccc(Nc2cc(NC3C4COCC43)nc(-c3cccc(C)n3)n2)cn1. The molecule has 0 aromatic carbocycles. The molecule has 5 rings (SSSR count). The normalized spacial score (nSPS) is 22.6. The van der Waals surface area contributed by atoms with E-state index in [9.17, 15) is 0 Å². The largest absolute Gasteiger partial charge is 0.381 e. The summed E-state index contributed by atoms with van der Waals surface area (Å²) in [5.74, 6) is 3.29. The monoisotopic (exact) mass is 374 g/mol. The van der Waals surface area contributed by atoms with Crippen molar-refractivity contribution in [3.8, 4) is 11.5 Å². The second kappa shape index (κ2) is 6.83. The van der Waals surface area contributed by atoms with Crippen molar-refractivity contribution in [2.45, 2.75) is 19.9 Å². The number of pyridine rings is 2. The summed E-state index contributed by atoms with van der Waals surface area (Å²) in [5, 5.41) is 6.90. The predicted molar refractivity (Wildman–Crippen MR) is 107 cm³/mol. The molecule has 0 amide bonds. The number of aryl methyl sites for hydroxylation is 2. The lowest BCUT2D eigenvalue weighted by molar-refractivity contribution is 0.162. The standard InChI is InChI=1S/C21H22N6O/c1-12-6-7-14(9-22-12)24-18-8-19(25-20-15-10-28-11-16(15)20)27-21(26-18)17-5-3-4-13(2)23-17/h3-9,15-16,20H,10-11H2,1-2H3,(H2,24,25,26,27). The Morgan fingerprint density at radius 1 is 0.929 bits per heavy atom. The number of hydrogen-bond acceptors (Lipinski definition) is 7. The molecule has 0 spiro atoms. The highest BCUT2D eigenvalue weighted by atomic mass is 16.5. The van der Waals surface area contributed by atoms with Crippen LogP contribution in [0.3, 0.4) is 0 Å². The Hall–Kier alpha value is -3.06. The summed E-state index contributed by atoms with van der Waals surface area (Å²) in [6.45, 7) is 5.60. The van der Waals surface area contributed by atoms with Crippen LogP contribution in [0.15, 0.2) is 42.6 Å². The van der Waals surface area contributed by atoms with E-state index in [0.29, 0.717) is 29.5 Å². The quantitative estimate of drug-likeness (QED) is 0.708. The van der Waals surface area contributed by atoms with Crippen LogP contribution in [0.25, 0.3) is 11.5 Å². The number of nitrogens with zero attached hydrogens (tertiary/aromatic N) is 4. The molecule has 7 nitrogen and oxygen atoms in total. The molecule has 2 N–H and O–H groups in total. The van der Waals surface area contributed by atoms with E-state index in [2.05, 4.69) is 25.6 Å². The van der Waals surface area contributed by atoms with Crippen molar-refractivity contribution in [3.63, 3.8) is 0 Å². The van der Waals surface area contributed by atoms with Crippen LogP contribution in [0, 0.1) is 25.7 Å². The molecular formula is C21H22N6O. The average Bonchev–Trinajstić information content (AvgIpc) is 3.11. The first-order valence-corrected chi connectivity index (χ1v) is 9.53. The fraction of sp³-hybridized carbons (Fsp3) is 0.333. The summed E-state index contributed by atoms with van der Waals surface area (Å²) in [6.07, 6.45) is 1.80. The van der Waals surface area contributed by atoms with Gasteiger partial charge in [0, 0.05) is 35.3 Å². The Bertz CT molecular complexity index is 996. The topological polar surface area (TPSA) is 84.9 Å². The zero-order chi connectivity index (χ0) is 19.1. The fourth-order valence-corrected chi connectivity index (χ4v) is 3.68. The van der Waals surface area contributed by atoms with E-state index in [1.807, 2.05) is 50.2 Å². The molecule has 4 heterocycles. The molecule has 0 bridgehead atoms. The van der Waals surface area contributed by atoms with Gasteiger partial charge in [-0.25, -0.2) is 15.0 Å². The molecule has 28 heavy (non-hydrogen) atoms. The highest BCUT2D eigenvalue weighted by Crippen LogP contribution is 2.46. The van der Waals surface area contributed by atoms with Gasteiger partial charge >= 0.3 is 0 Å². The van der Waals surface area contributed by atoms with Gasteiger partial charge in [0.1, 0.15) is 17.3 Å². The number of hydrogen-bond donors (Lipinski definition) is 2. The van der Waals surface area contributed by atoms with Crippen LogP contribution in [-0.2, 0) is 4.74 Å². The summed E-state index contributed by atoms with van der Waals surface area (Å²) in [7, 11) is 0. The molecule has 142 valence electrons. The molecule has 1 saturated heterocycles. The van der Waals surface area contributed by atoms with Gasteiger partial charge in [-0.3, -0.25) is 4.98 Å². The minimum Gasteiger partial charge on any atom is -0.381 e. The van der Waals surface area contributed by atoms with Crippen molar-refractivity contribution in [1.29, 1.82) is 0 Å². The second-order valence-corrected chi connectivity index (χ2v) is 7.47. The third-order valence-corrected chi connectivity index (χ3v) is 5.29. The maximum Gasteiger partial charge on any atom is 0.182 e. The maximum absolute atomic E-state index is 5.49. The van der Waals surface area contributed by atoms with E-state index in [-0.39, 0.29) is 0 Å². The number of anilines is 3. The number of nitrogens with one attached hydrogen (secondary N) is 2. The van der Waals surface area contributed by atoms with Crippen LogP contribution in [0.5, 0.6) is 0 Å². The van der Waals surface area contributed by atoms with E-state index in [4.69, 9.17) is 9.72 Å². The lowest BCUT2D eigenvalue weighted by Gasteiger charge is -2.13. The van der Waals surface area contributed by atoms with Gasteiger partial charge in [-0.1, -0.05) is 6.07 Å². The van der Waals surface area contributed by atoms with E-state index < -0.39 is 0 Å². The third-order valence-electron chi connectivity index (χ3n) is 5.29. The molecule has 7 heteroatoms. The lowest BCUT2D eigenvalue weighted by atomic mass is 10.3. The minimum atomic E-state index is 0.427. The summed E-state index contributed by atoms with van der Waals surface area (Å²) in [4.78, 5) is 18.3. The van der Waals surface area contributed by atoms with Crippen LogP contribution in [0.2, 0.25) is 0 Å². The summed E-state index contributed by atoms with van der Waals surface area (Å²) in [5.41, 5.74) is 3.55. The van der Waals surface area contributed by atoms with Crippen molar-refractivity contribution in [2.75, 3.05) is 23.8 Å². The Balaban J connectivity index is 1.47. The first kappa shape index (κ1) is 17.1. The van der Waals surface area contributed by atoms with Crippen LogP contribution >= 0.6 is 0 Å². The predicted octanol–water partition coefficient (Wildman–Crippen LogP) is 3.35. The van der Waals surface area contributed by atoms with E-state index in [1.165, 1.54) is 0 Å². The molecular weight excluding hydrogens is 352 g/mol. The highest BCUT2D eigenvalue weighted by molar-refractivity contribution is 5.63. The minimum absolute atomic E-state index is 0.427. The molecule has 2 aliphatic rings. The Morgan fingerprint density at radius 2 is 1.75 bits per heavy atom. The van der Waals surface area contributed by atoms with Gasteiger partial charge in [-0.05, 0) is 38.1 Å². The second-order valence-electron chi connectivity index (χ2n) is 7.47. The number of aromatic nitrogens is 4. The summed E-state index contributed by atoms with van der Waals surface area (Å²) < 4.78 is 5.49. The van der Waals surface area contributed by atoms with E-state index in [1.54, 1.807) is 6.20 Å². The molecule has 2 atom stereocenters. The first-order chi connectivity index (χ1) is 13.7. The first-order valence-electron chi connectivity index (χ1n) is 9.53. The van der Waals surface area contributed by atoms with Gasteiger partial charge in [-0.2, -0.15) is 0 Å². The van der Waals surface area contributed by atoms with Crippen LogP contribution in [0.1, 0.15) is 11.4 Å². The Morgan fingerprint density at radius 3 is 2.50 bits per heavy atom. The van der Waals surface area contributed by atoms with Gasteiger partial charge in [0.25, 0.3) is 0 Å². The van der Waals surface area contributed by atoms with E-state index >= 15 is 0 Å². The zero-order valence-corrected chi connectivity index (χ0v) is 15.9. The lowest BCUT2D eigenvalue weighted by Crippen LogP contribution is -2.14. The molecule has 3 aromatic rings. The van der Waals surface area contributed by atoms with Crippen molar-refractivity contribution in [3.05, 3.63) is 54.0 Å². The Labute approximate surface area is 163 Å². The molecule has 2 fully saturated rings. The fourth-order valence-electron chi connectivity index (χ4n) is 3.68. The molecule has 2 unspecified atom stereocenters. The summed E-state index contributed by atoms with van der Waals surface area (Å²) >= 11 is 0. The van der Waals surface area contributed by atoms with Crippen LogP contribution in [0.4, 0.5) is 17.3 Å².